The van der Waals surface area contributed by atoms with Gasteiger partial charge in [0.25, 0.3) is 0 Å². The summed E-state index contributed by atoms with van der Waals surface area (Å²) in [6.07, 6.45) is 2.91. The summed E-state index contributed by atoms with van der Waals surface area (Å²) in [5, 5.41) is 17.8. The van der Waals surface area contributed by atoms with Gasteiger partial charge in [0.15, 0.2) is 12.2 Å². The molecule has 0 unspecified atom stereocenters. The Labute approximate surface area is 92.5 Å². The van der Waals surface area contributed by atoms with Crippen molar-refractivity contribution in [1.29, 1.82) is 0 Å². The van der Waals surface area contributed by atoms with Crippen molar-refractivity contribution < 1.29 is 19.2 Å². The second-order valence-corrected chi connectivity index (χ2v) is 3.20. The summed E-state index contributed by atoms with van der Waals surface area (Å²) in [7, 11) is -1.46. The van der Waals surface area contributed by atoms with E-state index in [1.807, 2.05) is 0 Å². The largest absolute Gasteiger partial charge is 0.488 e. The summed E-state index contributed by atoms with van der Waals surface area (Å²) in [6.45, 7) is 0.293. The third-order valence-electron chi connectivity index (χ3n) is 2.04. The van der Waals surface area contributed by atoms with E-state index >= 15 is 0 Å². The molecule has 6 heteroatoms. The highest BCUT2D eigenvalue weighted by molar-refractivity contribution is 6.58. The topological polar surface area (TPSA) is 75.7 Å². The van der Waals surface area contributed by atoms with Gasteiger partial charge in [-0.3, -0.25) is 0 Å². The minimum atomic E-state index is -1.46. The molecule has 1 aromatic heterocycles. The van der Waals surface area contributed by atoms with Crippen LogP contribution in [0.3, 0.4) is 0 Å². The van der Waals surface area contributed by atoms with Crippen LogP contribution in [0.2, 0.25) is 0 Å². The fraction of sp³-hybridized carbons (Fsp3) is 0.100. The van der Waals surface area contributed by atoms with Crippen molar-refractivity contribution in [2.75, 3.05) is 0 Å². The lowest BCUT2D eigenvalue weighted by Gasteiger charge is -2.04. The van der Waals surface area contributed by atoms with E-state index in [4.69, 9.17) is 19.2 Å². The maximum absolute atomic E-state index is 8.89. The van der Waals surface area contributed by atoms with Crippen LogP contribution in [0.15, 0.2) is 41.3 Å². The molecule has 0 bridgehead atoms. The Morgan fingerprint density at radius 3 is 2.56 bits per heavy atom. The van der Waals surface area contributed by atoms with Crippen LogP contribution in [-0.4, -0.2) is 22.2 Å². The molecule has 2 aromatic rings. The lowest BCUT2D eigenvalue weighted by molar-refractivity contribution is 0.270. The van der Waals surface area contributed by atoms with Gasteiger partial charge in [0, 0.05) is 0 Å². The Balaban J connectivity index is 1.95. The molecule has 0 saturated heterocycles. The van der Waals surface area contributed by atoms with Crippen LogP contribution in [0.5, 0.6) is 5.75 Å². The average molecular weight is 219 g/mol. The first kappa shape index (κ1) is 10.7. The standard InChI is InChI=1S/C10H10BNO4/c13-11(14)8-1-3-9(4-2-8)15-6-10-5-12-7-16-10/h1-5,7,13-14H,6H2. The van der Waals surface area contributed by atoms with Gasteiger partial charge < -0.3 is 19.2 Å². The fourth-order valence-electron chi connectivity index (χ4n) is 1.20. The van der Waals surface area contributed by atoms with E-state index < -0.39 is 7.12 Å². The molecule has 0 spiro atoms. The molecule has 1 heterocycles. The maximum Gasteiger partial charge on any atom is 0.488 e. The molecule has 0 amide bonds. The van der Waals surface area contributed by atoms with Crippen molar-refractivity contribution in [2.24, 2.45) is 0 Å². The summed E-state index contributed by atoms with van der Waals surface area (Å²) in [5.74, 6) is 1.26. The van der Waals surface area contributed by atoms with Crippen LogP contribution < -0.4 is 10.2 Å². The Morgan fingerprint density at radius 2 is 2.00 bits per heavy atom. The molecule has 0 aliphatic rings. The van der Waals surface area contributed by atoms with E-state index in [2.05, 4.69) is 4.98 Å². The molecule has 1 aromatic carbocycles. The summed E-state index contributed by atoms with van der Waals surface area (Å²) in [6, 6.07) is 6.48. The summed E-state index contributed by atoms with van der Waals surface area (Å²) >= 11 is 0. The number of hydrogen-bond acceptors (Lipinski definition) is 5. The first-order valence-corrected chi connectivity index (χ1v) is 4.72. The number of aromatic nitrogens is 1. The van der Waals surface area contributed by atoms with Crippen LogP contribution in [0, 0.1) is 0 Å². The van der Waals surface area contributed by atoms with Crippen LogP contribution in [0.1, 0.15) is 5.76 Å². The number of benzene rings is 1. The normalized spacial score (nSPS) is 10.1. The Kier molecular flexibility index (Phi) is 3.23. The SMILES string of the molecule is OB(O)c1ccc(OCc2cnco2)cc1. The van der Waals surface area contributed by atoms with Crippen molar-refractivity contribution >= 4 is 12.6 Å². The molecule has 0 saturated carbocycles. The quantitative estimate of drug-likeness (QED) is 0.704. The summed E-state index contributed by atoms with van der Waals surface area (Å²) in [4.78, 5) is 3.76. The lowest BCUT2D eigenvalue weighted by Crippen LogP contribution is -2.29. The molecule has 2 rings (SSSR count). The highest BCUT2D eigenvalue weighted by Gasteiger charge is 2.09. The molecule has 0 radical (unpaired) electrons. The second-order valence-electron chi connectivity index (χ2n) is 3.20. The Hall–Kier alpha value is -1.79. The Bertz CT molecular complexity index is 427. The minimum Gasteiger partial charge on any atom is -0.486 e. The van der Waals surface area contributed by atoms with Crippen LogP contribution in [0.25, 0.3) is 0 Å². The molecular formula is C10H10BNO4. The van der Waals surface area contributed by atoms with Gasteiger partial charge in [-0.05, 0) is 17.6 Å². The van der Waals surface area contributed by atoms with E-state index in [1.54, 1.807) is 30.5 Å². The minimum absolute atomic E-state index is 0.293. The van der Waals surface area contributed by atoms with E-state index in [-0.39, 0.29) is 0 Å². The zero-order valence-corrected chi connectivity index (χ0v) is 8.41. The third-order valence-corrected chi connectivity index (χ3v) is 2.04. The van der Waals surface area contributed by atoms with Crippen molar-refractivity contribution in [3.05, 3.63) is 42.6 Å². The van der Waals surface area contributed by atoms with Gasteiger partial charge in [-0.1, -0.05) is 12.1 Å². The van der Waals surface area contributed by atoms with Gasteiger partial charge in [0.2, 0.25) is 0 Å². The number of ether oxygens (including phenoxy) is 1. The predicted molar refractivity (Wildman–Crippen MR) is 57.1 cm³/mol. The van der Waals surface area contributed by atoms with Crippen LogP contribution in [0.4, 0.5) is 0 Å². The molecular weight excluding hydrogens is 209 g/mol. The van der Waals surface area contributed by atoms with Crippen LogP contribution in [-0.2, 0) is 6.61 Å². The molecule has 82 valence electrons. The second kappa shape index (κ2) is 4.83. The highest BCUT2D eigenvalue weighted by atomic mass is 16.5. The molecule has 2 N–H and O–H groups in total. The zero-order chi connectivity index (χ0) is 11.4. The van der Waals surface area contributed by atoms with Crippen molar-refractivity contribution in [3.63, 3.8) is 0 Å². The first-order valence-electron chi connectivity index (χ1n) is 4.72. The molecule has 0 fully saturated rings. The average Bonchev–Trinajstić information content (AvgIpc) is 2.80. The smallest absolute Gasteiger partial charge is 0.486 e. The van der Waals surface area contributed by atoms with Crippen molar-refractivity contribution in [2.45, 2.75) is 6.61 Å². The summed E-state index contributed by atoms with van der Waals surface area (Å²) < 4.78 is 10.4. The number of hydrogen-bond donors (Lipinski definition) is 2. The number of oxazole rings is 1. The van der Waals surface area contributed by atoms with Crippen LogP contribution >= 0.6 is 0 Å². The van der Waals surface area contributed by atoms with Crippen molar-refractivity contribution in [1.82, 2.24) is 4.98 Å². The van der Waals surface area contributed by atoms with Gasteiger partial charge in [-0.15, -0.1) is 0 Å². The van der Waals surface area contributed by atoms with Gasteiger partial charge >= 0.3 is 7.12 Å². The predicted octanol–water partition coefficient (Wildman–Crippen LogP) is -0.0666. The Morgan fingerprint density at radius 1 is 1.25 bits per heavy atom. The van der Waals surface area contributed by atoms with Crippen molar-refractivity contribution in [3.8, 4) is 5.75 Å². The maximum atomic E-state index is 8.89. The lowest BCUT2D eigenvalue weighted by atomic mass is 9.80. The van der Waals surface area contributed by atoms with Gasteiger partial charge in [0.1, 0.15) is 12.4 Å². The number of nitrogens with zero attached hydrogens (tertiary/aromatic N) is 1. The number of rotatable bonds is 4. The van der Waals surface area contributed by atoms with E-state index in [0.29, 0.717) is 23.6 Å². The summed E-state index contributed by atoms with van der Waals surface area (Å²) in [5.41, 5.74) is 0.423. The third kappa shape index (κ3) is 2.62. The first-order chi connectivity index (χ1) is 7.75. The molecule has 5 nitrogen and oxygen atoms in total. The van der Waals surface area contributed by atoms with E-state index in [0.717, 1.165) is 0 Å². The van der Waals surface area contributed by atoms with Gasteiger partial charge in [-0.25, -0.2) is 4.98 Å². The van der Waals surface area contributed by atoms with Gasteiger partial charge in [-0.2, -0.15) is 0 Å². The molecule has 0 aliphatic heterocycles. The molecule has 0 aliphatic carbocycles. The monoisotopic (exact) mass is 219 g/mol. The van der Waals surface area contributed by atoms with Gasteiger partial charge in [0.05, 0.1) is 6.20 Å². The fourth-order valence-corrected chi connectivity index (χ4v) is 1.20. The highest BCUT2D eigenvalue weighted by Crippen LogP contribution is 2.10. The molecule has 0 atom stereocenters. The van der Waals surface area contributed by atoms with E-state index in [1.165, 1.54) is 6.39 Å². The van der Waals surface area contributed by atoms with E-state index in [9.17, 15) is 0 Å². The zero-order valence-electron chi connectivity index (χ0n) is 8.41. The molecule has 16 heavy (non-hydrogen) atoms.